The zero-order valence-electron chi connectivity index (χ0n) is 15.1. The van der Waals surface area contributed by atoms with Crippen LogP contribution in [-0.2, 0) is 24.2 Å². The van der Waals surface area contributed by atoms with Gasteiger partial charge in [-0.3, -0.25) is 14.6 Å². The van der Waals surface area contributed by atoms with Crippen LogP contribution in [0.15, 0.2) is 30.3 Å². The second kappa shape index (κ2) is 8.29. The van der Waals surface area contributed by atoms with Crippen molar-refractivity contribution in [3.8, 4) is 0 Å². The van der Waals surface area contributed by atoms with Crippen LogP contribution in [0.4, 0.5) is 5.13 Å². The van der Waals surface area contributed by atoms with Gasteiger partial charge in [0.2, 0.25) is 5.91 Å². The number of nitrogens with one attached hydrogen (secondary N) is 1. The van der Waals surface area contributed by atoms with Gasteiger partial charge < -0.3 is 5.32 Å². The highest BCUT2D eigenvalue weighted by atomic mass is 32.1. The maximum atomic E-state index is 12.4. The first-order valence-electron chi connectivity index (χ1n) is 9.53. The molecule has 2 aromatic rings. The number of thiazole rings is 1. The Morgan fingerprint density at radius 3 is 2.54 bits per heavy atom. The fourth-order valence-electron chi connectivity index (χ4n) is 3.71. The molecule has 1 aromatic carbocycles. The molecule has 0 bridgehead atoms. The minimum absolute atomic E-state index is 0.0626. The van der Waals surface area contributed by atoms with E-state index in [1.807, 2.05) is 0 Å². The van der Waals surface area contributed by atoms with Crippen molar-refractivity contribution in [1.29, 1.82) is 0 Å². The van der Waals surface area contributed by atoms with Gasteiger partial charge in [-0.05, 0) is 31.2 Å². The van der Waals surface area contributed by atoms with Crippen molar-refractivity contribution in [3.63, 3.8) is 0 Å². The molecule has 0 unspecified atom stereocenters. The van der Waals surface area contributed by atoms with Crippen molar-refractivity contribution in [1.82, 2.24) is 14.8 Å². The molecule has 2 aliphatic rings. The van der Waals surface area contributed by atoms with Gasteiger partial charge in [-0.25, -0.2) is 4.98 Å². The number of piperazine rings is 1. The van der Waals surface area contributed by atoms with Crippen LogP contribution in [0, 0.1) is 0 Å². The highest BCUT2D eigenvalue weighted by molar-refractivity contribution is 7.15. The Morgan fingerprint density at radius 2 is 1.77 bits per heavy atom. The van der Waals surface area contributed by atoms with Crippen LogP contribution in [0.25, 0.3) is 0 Å². The highest BCUT2D eigenvalue weighted by Crippen LogP contribution is 2.29. The Balaban J connectivity index is 1.22. The lowest BCUT2D eigenvalue weighted by Crippen LogP contribution is -2.48. The fraction of sp³-hybridized carbons (Fsp3) is 0.500. The number of anilines is 1. The smallest absolute Gasteiger partial charge is 0.240 e. The molecular formula is C20H26N4OS. The number of fused-ring (bicyclic) bond motifs is 1. The van der Waals surface area contributed by atoms with Crippen molar-refractivity contribution >= 4 is 22.4 Å². The molecule has 0 atom stereocenters. The van der Waals surface area contributed by atoms with E-state index in [9.17, 15) is 4.79 Å². The van der Waals surface area contributed by atoms with Crippen LogP contribution in [0.5, 0.6) is 0 Å². The average Bonchev–Trinajstić information content (AvgIpc) is 3.06. The summed E-state index contributed by atoms with van der Waals surface area (Å²) in [6.07, 6.45) is 4.64. The lowest BCUT2D eigenvalue weighted by Gasteiger charge is -2.34. The number of amides is 1. The molecule has 26 heavy (non-hydrogen) atoms. The second-order valence-electron chi connectivity index (χ2n) is 7.18. The van der Waals surface area contributed by atoms with E-state index in [0.717, 1.165) is 50.7 Å². The monoisotopic (exact) mass is 370 g/mol. The number of aromatic nitrogens is 1. The standard InChI is InChI=1S/C20H26N4OS/c25-19(22-20-21-17-8-4-5-9-18(17)26-20)15-24-12-10-23(11-13-24)14-16-6-2-1-3-7-16/h1-3,6-7H,4-5,8-15H2,(H,21,22,25). The summed E-state index contributed by atoms with van der Waals surface area (Å²) in [6.45, 7) is 5.35. The minimum Gasteiger partial charge on any atom is -0.301 e. The number of carbonyl (C=O) groups is 1. The van der Waals surface area contributed by atoms with E-state index in [4.69, 9.17) is 0 Å². The maximum Gasteiger partial charge on any atom is 0.240 e. The van der Waals surface area contributed by atoms with Gasteiger partial charge in [-0.15, -0.1) is 11.3 Å². The molecular weight excluding hydrogens is 344 g/mol. The summed E-state index contributed by atoms with van der Waals surface area (Å²) in [5, 5.41) is 3.79. The summed E-state index contributed by atoms with van der Waals surface area (Å²) < 4.78 is 0. The van der Waals surface area contributed by atoms with Crippen molar-refractivity contribution in [3.05, 3.63) is 46.5 Å². The van der Waals surface area contributed by atoms with Crippen LogP contribution in [-0.4, -0.2) is 53.4 Å². The molecule has 1 amide bonds. The SMILES string of the molecule is O=C(CN1CCN(Cc2ccccc2)CC1)Nc1nc2c(s1)CCCC2. The molecule has 6 heteroatoms. The van der Waals surface area contributed by atoms with Gasteiger partial charge in [0.15, 0.2) is 5.13 Å². The Bertz CT molecular complexity index is 714. The molecule has 5 nitrogen and oxygen atoms in total. The van der Waals surface area contributed by atoms with E-state index in [1.165, 1.54) is 29.0 Å². The van der Waals surface area contributed by atoms with Crippen molar-refractivity contribution < 1.29 is 4.79 Å². The van der Waals surface area contributed by atoms with Crippen LogP contribution < -0.4 is 5.32 Å². The summed E-state index contributed by atoms with van der Waals surface area (Å²) in [6, 6.07) is 10.6. The number of nitrogens with zero attached hydrogens (tertiary/aromatic N) is 3. The van der Waals surface area contributed by atoms with E-state index in [2.05, 4.69) is 50.4 Å². The number of hydrogen-bond acceptors (Lipinski definition) is 5. The first kappa shape index (κ1) is 17.6. The molecule has 1 saturated heterocycles. The number of benzene rings is 1. The summed E-state index contributed by atoms with van der Waals surface area (Å²) in [4.78, 5) is 23.0. The zero-order chi connectivity index (χ0) is 17.8. The lowest BCUT2D eigenvalue weighted by molar-refractivity contribution is -0.117. The first-order chi connectivity index (χ1) is 12.8. The molecule has 0 spiro atoms. The van der Waals surface area contributed by atoms with Crippen molar-refractivity contribution in [2.24, 2.45) is 0 Å². The second-order valence-corrected chi connectivity index (χ2v) is 8.27. The molecule has 4 rings (SSSR count). The molecule has 1 aliphatic carbocycles. The van der Waals surface area contributed by atoms with Crippen molar-refractivity contribution in [2.45, 2.75) is 32.2 Å². The number of carbonyl (C=O) groups excluding carboxylic acids is 1. The molecule has 0 radical (unpaired) electrons. The molecule has 1 aliphatic heterocycles. The van der Waals surface area contributed by atoms with Crippen LogP contribution in [0.2, 0.25) is 0 Å². The normalized spacial score (nSPS) is 18.5. The van der Waals surface area contributed by atoms with E-state index >= 15 is 0 Å². The predicted octanol–water partition coefficient (Wildman–Crippen LogP) is 2.78. The van der Waals surface area contributed by atoms with Gasteiger partial charge in [0, 0.05) is 37.6 Å². The zero-order valence-corrected chi connectivity index (χ0v) is 15.9. The van der Waals surface area contributed by atoms with E-state index in [-0.39, 0.29) is 5.91 Å². The van der Waals surface area contributed by atoms with Gasteiger partial charge >= 0.3 is 0 Å². The molecule has 1 aromatic heterocycles. The summed E-state index contributed by atoms with van der Waals surface area (Å²) in [5.74, 6) is 0.0626. The highest BCUT2D eigenvalue weighted by Gasteiger charge is 2.20. The Kier molecular flexibility index (Phi) is 5.62. The molecule has 0 saturated carbocycles. The van der Waals surface area contributed by atoms with Crippen LogP contribution >= 0.6 is 11.3 Å². The molecule has 1 fully saturated rings. The Morgan fingerprint density at radius 1 is 1.04 bits per heavy atom. The summed E-state index contributed by atoms with van der Waals surface area (Å²) in [5.41, 5.74) is 2.55. The summed E-state index contributed by atoms with van der Waals surface area (Å²) in [7, 11) is 0. The summed E-state index contributed by atoms with van der Waals surface area (Å²) >= 11 is 1.66. The quantitative estimate of drug-likeness (QED) is 0.879. The predicted molar refractivity (Wildman–Crippen MR) is 106 cm³/mol. The average molecular weight is 371 g/mol. The van der Waals surface area contributed by atoms with E-state index in [1.54, 1.807) is 11.3 Å². The van der Waals surface area contributed by atoms with Gasteiger partial charge in [0.05, 0.1) is 12.2 Å². The van der Waals surface area contributed by atoms with Crippen LogP contribution in [0.1, 0.15) is 29.0 Å². The number of aryl methyl sites for hydroxylation is 2. The minimum atomic E-state index is 0.0626. The largest absolute Gasteiger partial charge is 0.301 e. The van der Waals surface area contributed by atoms with Crippen molar-refractivity contribution in [2.75, 3.05) is 38.0 Å². The Labute approximate surface area is 159 Å². The molecule has 138 valence electrons. The van der Waals surface area contributed by atoms with Gasteiger partial charge in [0.25, 0.3) is 0 Å². The fourth-order valence-corrected chi connectivity index (χ4v) is 4.78. The first-order valence-corrected chi connectivity index (χ1v) is 10.3. The lowest BCUT2D eigenvalue weighted by atomic mass is 10.0. The third kappa shape index (κ3) is 4.50. The van der Waals surface area contributed by atoms with Gasteiger partial charge in [0.1, 0.15) is 0 Å². The van der Waals surface area contributed by atoms with Gasteiger partial charge in [-0.1, -0.05) is 30.3 Å². The van der Waals surface area contributed by atoms with Gasteiger partial charge in [-0.2, -0.15) is 0 Å². The van der Waals surface area contributed by atoms with E-state index < -0.39 is 0 Å². The Hall–Kier alpha value is -1.76. The topological polar surface area (TPSA) is 48.5 Å². The van der Waals surface area contributed by atoms with E-state index in [0.29, 0.717) is 6.54 Å². The third-order valence-corrected chi connectivity index (χ3v) is 6.25. The number of hydrogen-bond donors (Lipinski definition) is 1. The number of rotatable bonds is 5. The molecule has 2 heterocycles. The maximum absolute atomic E-state index is 12.4. The third-order valence-electron chi connectivity index (χ3n) is 5.17. The van der Waals surface area contributed by atoms with Crippen LogP contribution in [0.3, 0.4) is 0 Å². The molecule has 1 N–H and O–H groups in total.